The van der Waals surface area contributed by atoms with Crippen LogP contribution in [-0.4, -0.2) is 61.5 Å². The van der Waals surface area contributed by atoms with E-state index in [9.17, 15) is 4.39 Å². The van der Waals surface area contributed by atoms with Crippen molar-refractivity contribution in [1.29, 1.82) is 0 Å². The Labute approximate surface area is 145 Å². The zero-order chi connectivity index (χ0) is 17.2. The van der Waals surface area contributed by atoms with Gasteiger partial charge in [-0.15, -0.1) is 0 Å². The topological polar surface area (TPSA) is 75.7 Å². The molecular weight excluding hydrogens is 325 g/mol. The minimum Gasteiger partial charge on any atom is -0.434 e. The van der Waals surface area contributed by atoms with Gasteiger partial charge in [0.1, 0.15) is 12.0 Å². The van der Waals surface area contributed by atoms with Gasteiger partial charge in [-0.25, -0.2) is 4.39 Å². The molecular formula is C17H20FN5O2. The molecule has 0 unspecified atom stereocenters. The molecule has 3 aliphatic rings. The van der Waals surface area contributed by atoms with E-state index in [1.807, 2.05) is 5.01 Å². The van der Waals surface area contributed by atoms with Crippen LogP contribution in [0.15, 0.2) is 39.6 Å². The molecule has 25 heavy (non-hydrogen) atoms. The highest BCUT2D eigenvalue weighted by atomic mass is 19.1. The number of morpholine rings is 1. The second-order valence-electron chi connectivity index (χ2n) is 6.17. The number of nitrogens with two attached hydrogens (primary N) is 1. The third kappa shape index (κ3) is 3.35. The summed E-state index contributed by atoms with van der Waals surface area (Å²) in [7, 11) is 0. The molecule has 0 spiro atoms. The molecule has 0 aromatic heterocycles. The maximum atomic E-state index is 14.1. The fourth-order valence-corrected chi connectivity index (χ4v) is 3.19. The molecule has 0 radical (unpaired) electrons. The molecule has 8 heteroatoms. The van der Waals surface area contributed by atoms with Gasteiger partial charge in [-0.2, -0.15) is 10.1 Å². The van der Waals surface area contributed by atoms with Crippen molar-refractivity contribution in [3.63, 3.8) is 0 Å². The van der Waals surface area contributed by atoms with Crippen molar-refractivity contribution in [3.05, 3.63) is 35.3 Å². The van der Waals surface area contributed by atoms with E-state index in [0.717, 1.165) is 51.5 Å². The van der Waals surface area contributed by atoms with Crippen LogP contribution in [0.3, 0.4) is 0 Å². The van der Waals surface area contributed by atoms with Crippen LogP contribution in [0.4, 0.5) is 10.1 Å². The number of nitrogen functional groups attached to an aromatic ring is 1. The van der Waals surface area contributed by atoms with E-state index in [1.165, 1.54) is 24.0 Å². The predicted octanol–water partition coefficient (Wildman–Crippen LogP) is 1.43. The molecule has 3 heterocycles. The fourth-order valence-electron chi connectivity index (χ4n) is 3.19. The zero-order valence-electron chi connectivity index (χ0n) is 13.8. The minimum atomic E-state index is -0.509. The van der Waals surface area contributed by atoms with Crippen LogP contribution in [0.2, 0.25) is 0 Å². The van der Waals surface area contributed by atoms with E-state index in [1.54, 1.807) is 6.07 Å². The van der Waals surface area contributed by atoms with Gasteiger partial charge in [0.25, 0.3) is 0 Å². The number of hydrogen-bond donors (Lipinski definition) is 1. The molecule has 0 amide bonds. The highest BCUT2D eigenvalue weighted by Gasteiger charge is 2.31. The Kier molecular flexibility index (Phi) is 4.37. The Hall–Kier alpha value is -2.45. The number of rotatable bonds is 3. The minimum absolute atomic E-state index is 0.105. The molecule has 1 aromatic rings. The van der Waals surface area contributed by atoms with E-state index in [-0.39, 0.29) is 5.75 Å². The van der Waals surface area contributed by atoms with Crippen molar-refractivity contribution in [2.45, 2.75) is 6.42 Å². The number of fused-ring (bicyclic) bond motifs is 1. The lowest BCUT2D eigenvalue weighted by Gasteiger charge is -2.27. The number of ether oxygens (including phenoxy) is 2. The summed E-state index contributed by atoms with van der Waals surface area (Å²) in [5.74, 6) is -0.0298. The van der Waals surface area contributed by atoms with Gasteiger partial charge in [-0.05, 0) is 24.1 Å². The van der Waals surface area contributed by atoms with Gasteiger partial charge in [0.05, 0.1) is 13.2 Å². The van der Waals surface area contributed by atoms with E-state index in [4.69, 9.17) is 15.2 Å². The first-order chi connectivity index (χ1) is 12.2. The predicted molar refractivity (Wildman–Crippen MR) is 93.0 cm³/mol. The smallest absolute Gasteiger partial charge is 0.246 e. The average Bonchev–Trinajstić information content (AvgIpc) is 3.02. The number of anilines is 1. The monoisotopic (exact) mass is 345 g/mol. The van der Waals surface area contributed by atoms with Gasteiger partial charge in [0, 0.05) is 37.9 Å². The van der Waals surface area contributed by atoms with Gasteiger partial charge in [0.15, 0.2) is 11.6 Å². The standard InChI is InChI=1S/C17H20FN5O2/c18-14-9-13(19)1-2-15(14)25-17-16-12(3-4-23(16)21-11-20-17)10-22-5-7-24-8-6-22/h1-2,9,11H,3-8,10,19H2. The van der Waals surface area contributed by atoms with Crippen LogP contribution in [-0.2, 0) is 4.74 Å². The number of halogens is 1. The molecule has 4 rings (SSSR count). The summed E-state index contributed by atoms with van der Waals surface area (Å²) >= 11 is 0. The van der Waals surface area contributed by atoms with Crippen molar-refractivity contribution < 1.29 is 13.9 Å². The molecule has 132 valence electrons. The molecule has 0 saturated carbocycles. The molecule has 1 aromatic carbocycles. The van der Waals surface area contributed by atoms with Gasteiger partial charge in [0.2, 0.25) is 5.90 Å². The highest BCUT2D eigenvalue weighted by Crippen LogP contribution is 2.29. The lowest BCUT2D eigenvalue weighted by atomic mass is 10.1. The Morgan fingerprint density at radius 1 is 1.24 bits per heavy atom. The second-order valence-corrected chi connectivity index (χ2v) is 6.17. The Balaban J connectivity index is 1.58. The van der Waals surface area contributed by atoms with Crippen molar-refractivity contribution in [2.75, 3.05) is 45.1 Å². The van der Waals surface area contributed by atoms with Crippen LogP contribution in [0.1, 0.15) is 6.42 Å². The fraction of sp³-hybridized carbons (Fsp3) is 0.412. The Bertz CT molecular complexity index is 755. The first-order valence-electron chi connectivity index (χ1n) is 8.34. The molecule has 0 aliphatic carbocycles. The van der Waals surface area contributed by atoms with Crippen LogP contribution >= 0.6 is 0 Å². The molecule has 0 atom stereocenters. The van der Waals surface area contributed by atoms with Crippen molar-refractivity contribution in [2.24, 2.45) is 10.1 Å². The van der Waals surface area contributed by atoms with Gasteiger partial charge < -0.3 is 15.2 Å². The largest absolute Gasteiger partial charge is 0.434 e. The van der Waals surface area contributed by atoms with Crippen LogP contribution in [0.25, 0.3) is 0 Å². The molecule has 2 N–H and O–H groups in total. The first kappa shape index (κ1) is 16.0. The van der Waals surface area contributed by atoms with Crippen LogP contribution in [0, 0.1) is 5.82 Å². The summed E-state index contributed by atoms with van der Waals surface area (Å²) < 4.78 is 25.2. The Morgan fingerprint density at radius 3 is 2.88 bits per heavy atom. The zero-order valence-corrected chi connectivity index (χ0v) is 13.8. The second kappa shape index (κ2) is 6.81. The number of hydrazone groups is 1. The number of hydrogen-bond acceptors (Lipinski definition) is 7. The van der Waals surface area contributed by atoms with Crippen LogP contribution in [0.5, 0.6) is 5.75 Å². The summed E-state index contributed by atoms with van der Waals surface area (Å²) in [6.45, 7) is 4.90. The SMILES string of the molecule is Nc1ccc(OC2=NC=NN3CCC(CN4CCOCC4)=C23)c(F)c1. The summed E-state index contributed by atoms with van der Waals surface area (Å²) in [5, 5.41) is 6.16. The normalized spacial score (nSPS) is 20.7. The van der Waals surface area contributed by atoms with E-state index in [2.05, 4.69) is 15.0 Å². The van der Waals surface area contributed by atoms with Crippen LogP contribution < -0.4 is 10.5 Å². The van der Waals surface area contributed by atoms with E-state index < -0.39 is 5.82 Å². The molecule has 1 saturated heterocycles. The molecule has 0 bridgehead atoms. The maximum absolute atomic E-state index is 14.1. The molecule has 1 fully saturated rings. The molecule has 7 nitrogen and oxygen atoms in total. The Morgan fingerprint density at radius 2 is 2.08 bits per heavy atom. The first-order valence-corrected chi connectivity index (χ1v) is 8.34. The van der Waals surface area contributed by atoms with Crippen molar-refractivity contribution in [1.82, 2.24) is 9.91 Å². The number of benzene rings is 1. The van der Waals surface area contributed by atoms with Crippen molar-refractivity contribution >= 4 is 17.9 Å². The van der Waals surface area contributed by atoms with Crippen molar-refractivity contribution in [3.8, 4) is 5.75 Å². The van der Waals surface area contributed by atoms with Gasteiger partial charge >= 0.3 is 0 Å². The highest BCUT2D eigenvalue weighted by molar-refractivity contribution is 6.01. The third-order valence-corrected chi connectivity index (χ3v) is 4.47. The summed E-state index contributed by atoms with van der Waals surface area (Å²) in [6.07, 6.45) is 2.32. The van der Waals surface area contributed by atoms with Gasteiger partial charge in [-0.1, -0.05) is 0 Å². The third-order valence-electron chi connectivity index (χ3n) is 4.47. The number of nitrogens with zero attached hydrogens (tertiary/aromatic N) is 4. The molecule has 3 aliphatic heterocycles. The summed E-state index contributed by atoms with van der Waals surface area (Å²) in [5.41, 5.74) is 7.99. The lowest BCUT2D eigenvalue weighted by Crippen LogP contribution is -2.38. The summed E-state index contributed by atoms with van der Waals surface area (Å²) in [6, 6.07) is 4.36. The summed E-state index contributed by atoms with van der Waals surface area (Å²) in [4.78, 5) is 6.58. The van der Waals surface area contributed by atoms with E-state index in [0.29, 0.717) is 11.6 Å². The van der Waals surface area contributed by atoms with Gasteiger partial charge in [-0.3, -0.25) is 9.91 Å². The number of aliphatic imine (C=N–C) groups is 1. The average molecular weight is 345 g/mol. The van der Waals surface area contributed by atoms with E-state index >= 15 is 0 Å². The maximum Gasteiger partial charge on any atom is 0.246 e. The quantitative estimate of drug-likeness (QED) is 0.839. The lowest BCUT2D eigenvalue weighted by molar-refractivity contribution is 0.0420.